The quantitative estimate of drug-likeness (QED) is 0.889. The first-order chi connectivity index (χ1) is 8.74. The van der Waals surface area contributed by atoms with Crippen LogP contribution in [0, 0.1) is 0 Å². The van der Waals surface area contributed by atoms with Crippen LogP contribution >= 0.6 is 0 Å². The van der Waals surface area contributed by atoms with Crippen LogP contribution < -0.4 is 10.2 Å². The second-order valence-corrected chi connectivity index (χ2v) is 4.79. The van der Waals surface area contributed by atoms with Crippen LogP contribution in [0.1, 0.15) is 27.2 Å². The van der Waals surface area contributed by atoms with Gasteiger partial charge in [-0.15, -0.1) is 0 Å². The predicted octanol–water partition coefficient (Wildman–Crippen LogP) is 2.52. The van der Waals surface area contributed by atoms with Crippen LogP contribution in [0.2, 0.25) is 0 Å². The lowest BCUT2D eigenvalue weighted by Crippen LogP contribution is -2.48. The number of nitrogens with zero attached hydrogens (tertiary/aromatic N) is 2. The van der Waals surface area contributed by atoms with E-state index in [9.17, 15) is 0 Å². The molecule has 0 radical (unpaired) electrons. The molecule has 2 atom stereocenters. The molecule has 1 saturated heterocycles. The SMILES string of the molecule is CCNc1cc(N2CC(C)OCC2CC)ccn1. The van der Waals surface area contributed by atoms with Crippen LogP contribution in [0.4, 0.5) is 11.5 Å². The Morgan fingerprint density at radius 1 is 1.50 bits per heavy atom. The third kappa shape index (κ3) is 2.93. The van der Waals surface area contributed by atoms with Gasteiger partial charge in [-0.05, 0) is 26.3 Å². The maximum absolute atomic E-state index is 5.74. The van der Waals surface area contributed by atoms with E-state index in [2.05, 4.69) is 48.1 Å². The lowest BCUT2D eigenvalue weighted by Gasteiger charge is -2.40. The molecule has 0 aromatic carbocycles. The Morgan fingerprint density at radius 3 is 3.06 bits per heavy atom. The third-order valence-corrected chi connectivity index (χ3v) is 3.37. The molecular formula is C14H23N3O. The zero-order chi connectivity index (χ0) is 13.0. The van der Waals surface area contributed by atoms with Gasteiger partial charge in [0.1, 0.15) is 5.82 Å². The highest BCUT2D eigenvalue weighted by molar-refractivity contribution is 5.54. The fourth-order valence-corrected chi connectivity index (χ4v) is 2.37. The van der Waals surface area contributed by atoms with E-state index in [-0.39, 0.29) is 0 Å². The van der Waals surface area contributed by atoms with Gasteiger partial charge in [0.05, 0.1) is 18.8 Å². The van der Waals surface area contributed by atoms with Gasteiger partial charge in [0, 0.05) is 31.0 Å². The van der Waals surface area contributed by atoms with Gasteiger partial charge < -0.3 is 15.0 Å². The normalized spacial score (nSPS) is 24.1. The topological polar surface area (TPSA) is 37.4 Å². The van der Waals surface area contributed by atoms with Crippen molar-refractivity contribution in [2.45, 2.75) is 39.3 Å². The molecule has 1 N–H and O–H groups in total. The summed E-state index contributed by atoms with van der Waals surface area (Å²) >= 11 is 0. The smallest absolute Gasteiger partial charge is 0.127 e. The van der Waals surface area contributed by atoms with E-state index in [0.29, 0.717) is 12.1 Å². The number of nitrogens with one attached hydrogen (secondary N) is 1. The highest BCUT2D eigenvalue weighted by atomic mass is 16.5. The minimum absolute atomic E-state index is 0.295. The van der Waals surface area contributed by atoms with Crippen molar-refractivity contribution < 1.29 is 4.74 Å². The van der Waals surface area contributed by atoms with Gasteiger partial charge in [-0.1, -0.05) is 6.92 Å². The van der Waals surface area contributed by atoms with Crippen molar-refractivity contribution in [2.75, 3.05) is 29.9 Å². The number of rotatable bonds is 4. The van der Waals surface area contributed by atoms with Crippen LogP contribution in [0.3, 0.4) is 0 Å². The number of pyridine rings is 1. The van der Waals surface area contributed by atoms with E-state index < -0.39 is 0 Å². The lowest BCUT2D eigenvalue weighted by molar-refractivity contribution is 0.0299. The van der Waals surface area contributed by atoms with E-state index in [1.165, 1.54) is 5.69 Å². The largest absolute Gasteiger partial charge is 0.375 e. The Balaban J connectivity index is 2.19. The molecule has 2 heterocycles. The van der Waals surface area contributed by atoms with Crippen molar-refractivity contribution >= 4 is 11.5 Å². The van der Waals surface area contributed by atoms with Crippen LogP contribution in [-0.2, 0) is 4.74 Å². The maximum atomic E-state index is 5.74. The first-order valence-corrected chi connectivity index (χ1v) is 6.82. The van der Waals surface area contributed by atoms with Crippen molar-refractivity contribution in [2.24, 2.45) is 0 Å². The number of ether oxygens (including phenoxy) is 1. The first-order valence-electron chi connectivity index (χ1n) is 6.82. The molecule has 18 heavy (non-hydrogen) atoms. The summed E-state index contributed by atoms with van der Waals surface area (Å²) in [5, 5.41) is 3.26. The maximum Gasteiger partial charge on any atom is 0.127 e. The highest BCUT2D eigenvalue weighted by Crippen LogP contribution is 2.24. The van der Waals surface area contributed by atoms with Gasteiger partial charge in [0.15, 0.2) is 0 Å². The van der Waals surface area contributed by atoms with Crippen molar-refractivity contribution in [3.63, 3.8) is 0 Å². The molecule has 1 aliphatic heterocycles. The summed E-state index contributed by atoms with van der Waals surface area (Å²) in [5.41, 5.74) is 1.24. The van der Waals surface area contributed by atoms with E-state index in [1.807, 2.05) is 6.20 Å². The lowest BCUT2D eigenvalue weighted by atomic mass is 10.1. The number of hydrogen-bond acceptors (Lipinski definition) is 4. The minimum atomic E-state index is 0.295. The van der Waals surface area contributed by atoms with Crippen LogP contribution in [0.5, 0.6) is 0 Å². The molecule has 0 amide bonds. The molecule has 4 heteroatoms. The summed E-state index contributed by atoms with van der Waals surface area (Å²) in [7, 11) is 0. The Labute approximate surface area is 109 Å². The summed E-state index contributed by atoms with van der Waals surface area (Å²) in [6.45, 7) is 9.09. The van der Waals surface area contributed by atoms with Crippen LogP contribution in [-0.4, -0.2) is 36.8 Å². The standard InChI is InChI=1S/C14H23N3O/c1-4-12-10-18-11(3)9-17(12)13-6-7-16-14(8-13)15-5-2/h6-8,11-12H,4-5,9-10H2,1-3H3,(H,15,16). The van der Waals surface area contributed by atoms with Crippen molar-refractivity contribution in [3.05, 3.63) is 18.3 Å². The molecule has 0 spiro atoms. The molecular weight excluding hydrogens is 226 g/mol. The van der Waals surface area contributed by atoms with Crippen molar-refractivity contribution in [1.29, 1.82) is 0 Å². The fourth-order valence-electron chi connectivity index (χ4n) is 2.37. The van der Waals surface area contributed by atoms with Crippen LogP contribution in [0.15, 0.2) is 18.3 Å². The van der Waals surface area contributed by atoms with Crippen molar-refractivity contribution in [1.82, 2.24) is 4.98 Å². The van der Waals surface area contributed by atoms with Gasteiger partial charge in [-0.2, -0.15) is 0 Å². The molecule has 2 rings (SSSR count). The third-order valence-electron chi connectivity index (χ3n) is 3.37. The first kappa shape index (κ1) is 13.1. The summed E-state index contributed by atoms with van der Waals surface area (Å²) in [5.74, 6) is 0.948. The number of morpholine rings is 1. The second kappa shape index (κ2) is 6.05. The molecule has 1 aromatic rings. The molecule has 2 unspecified atom stereocenters. The zero-order valence-electron chi connectivity index (χ0n) is 11.5. The molecule has 4 nitrogen and oxygen atoms in total. The van der Waals surface area contributed by atoms with E-state index >= 15 is 0 Å². The van der Waals surface area contributed by atoms with Gasteiger partial charge >= 0.3 is 0 Å². The summed E-state index contributed by atoms with van der Waals surface area (Å²) in [6, 6.07) is 4.68. The van der Waals surface area contributed by atoms with Gasteiger partial charge in [-0.3, -0.25) is 0 Å². The van der Waals surface area contributed by atoms with Crippen molar-refractivity contribution in [3.8, 4) is 0 Å². The van der Waals surface area contributed by atoms with Crippen LogP contribution in [0.25, 0.3) is 0 Å². The van der Waals surface area contributed by atoms with E-state index in [0.717, 1.165) is 31.9 Å². The number of aromatic nitrogens is 1. The summed E-state index contributed by atoms with van der Waals surface area (Å²) in [6.07, 6.45) is 3.27. The minimum Gasteiger partial charge on any atom is -0.375 e. The molecule has 100 valence electrons. The molecule has 0 saturated carbocycles. The summed E-state index contributed by atoms with van der Waals surface area (Å²) in [4.78, 5) is 6.77. The Bertz CT molecular complexity index is 383. The molecule has 0 bridgehead atoms. The van der Waals surface area contributed by atoms with Gasteiger partial charge in [0.2, 0.25) is 0 Å². The zero-order valence-corrected chi connectivity index (χ0v) is 11.5. The Morgan fingerprint density at radius 2 is 2.33 bits per heavy atom. The van der Waals surface area contributed by atoms with Gasteiger partial charge in [-0.25, -0.2) is 4.98 Å². The molecule has 0 aliphatic carbocycles. The van der Waals surface area contributed by atoms with E-state index in [4.69, 9.17) is 4.74 Å². The average molecular weight is 249 g/mol. The summed E-state index contributed by atoms with van der Waals surface area (Å²) < 4.78 is 5.74. The second-order valence-electron chi connectivity index (χ2n) is 4.79. The predicted molar refractivity (Wildman–Crippen MR) is 75.2 cm³/mol. The number of hydrogen-bond donors (Lipinski definition) is 1. The highest BCUT2D eigenvalue weighted by Gasteiger charge is 2.25. The Hall–Kier alpha value is -1.29. The van der Waals surface area contributed by atoms with Gasteiger partial charge in [0.25, 0.3) is 0 Å². The molecule has 1 aromatic heterocycles. The fraction of sp³-hybridized carbons (Fsp3) is 0.643. The Kier molecular flexibility index (Phi) is 4.42. The molecule has 1 fully saturated rings. The average Bonchev–Trinajstić information content (AvgIpc) is 2.39. The monoisotopic (exact) mass is 249 g/mol. The molecule has 1 aliphatic rings. The van der Waals surface area contributed by atoms with E-state index in [1.54, 1.807) is 0 Å². The number of anilines is 2.